The van der Waals surface area contributed by atoms with Gasteiger partial charge in [0.1, 0.15) is 11.5 Å². The molecule has 3 aliphatic rings. The van der Waals surface area contributed by atoms with Crippen molar-refractivity contribution >= 4 is 0 Å². The molecular weight excluding hydrogens is 424 g/mol. The Balaban J connectivity index is 1.55. The highest BCUT2D eigenvalue weighted by atomic mass is 16.6. The number of rotatable bonds is 2. The summed E-state index contributed by atoms with van der Waals surface area (Å²) < 4.78 is 42.3. The van der Waals surface area contributed by atoms with E-state index in [1.807, 2.05) is 12.1 Å². The summed E-state index contributed by atoms with van der Waals surface area (Å²) in [6.45, 7) is 3.19. The van der Waals surface area contributed by atoms with E-state index in [4.69, 9.17) is 33.2 Å². The van der Waals surface area contributed by atoms with E-state index < -0.39 is 0 Å². The van der Waals surface area contributed by atoms with Crippen molar-refractivity contribution in [2.75, 3.05) is 40.6 Å². The molecule has 0 spiro atoms. The van der Waals surface area contributed by atoms with Gasteiger partial charge in [0.15, 0.2) is 0 Å². The predicted molar refractivity (Wildman–Crippen MR) is 124 cm³/mol. The molecule has 1 heterocycles. The Morgan fingerprint density at radius 2 is 1.06 bits per heavy atom. The van der Waals surface area contributed by atoms with E-state index in [1.165, 1.54) is 12.8 Å². The van der Waals surface area contributed by atoms with Crippen LogP contribution < -0.4 is 9.47 Å². The maximum absolute atomic E-state index is 6.40. The van der Waals surface area contributed by atoms with Crippen molar-refractivity contribution in [1.29, 1.82) is 0 Å². The highest BCUT2D eigenvalue weighted by Crippen LogP contribution is 2.34. The van der Waals surface area contributed by atoms with Gasteiger partial charge < -0.3 is 33.2 Å². The Hall–Kier alpha value is -1.38. The molecule has 0 amide bonds. The number of fused-ring (bicyclic) bond motifs is 4. The van der Waals surface area contributed by atoms with Gasteiger partial charge >= 0.3 is 0 Å². The zero-order valence-corrected chi connectivity index (χ0v) is 20.2. The van der Waals surface area contributed by atoms with Crippen LogP contribution in [0, 0.1) is 0 Å². The maximum Gasteiger partial charge on any atom is 0.130 e. The zero-order valence-electron chi connectivity index (χ0n) is 20.2. The van der Waals surface area contributed by atoms with Crippen LogP contribution in [0.4, 0.5) is 0 Å². The molecule has 33 heavy (non-hydrogen) atoms. The molecule has 2 aliphatic carbocycles. The van der Waals surface area contributed by atoms with Crippen LogP contribution in [0.3, 0.4) is 0 Å². The van der Waals surface area contributed by atoms with Gasteiger partial charge in [0, 0.05) is 11.1 Å². The highest BCUT2D eigenvalue weighted by molar-refractivity contribution is 5.47. The van der Waals surface area contributed by atoms with Crippen molar-refractivity contribution in [2.45, 2.75) is 89.0 Å². The van der Waals surface area contributed by atoms with Crippen LogP contribution in [0.25, 0.3) is 0 Å². The summed E-state index contributed by atoms with van der Waals surface area (Å²) in [7, 11) is 3.40. The lowest BCUT2D eigenvalue weighted by molar-refractivity contribution is -0.119. The van der Waals surface area contributed by atoms with Gasteiger partial charge in [-0.25, -0.2) is 0 Å². The molecule has 0 unspecified atom stereocenters. The van der Waals surface area contributed by atoms with Gasteiger partial charge in [-0.1, -0.05) is 25.7 Å². The summed E-state index contributed by atoms with van der Waals surface area (Å²) in [5.74, 6) is 1.60. The molecule has 0 saturated heterocycles. The van der Waals surface area contributed by atoms with Crippen LogP contribution in [-0.4, -0.2) is 65.1 Å². The van der Waals surface area contributed by atoms with Crippen molar-refractivity contribution in [3.05, 3.63) is 23.3 Å². The van der Waals surface area contributed by atoms with Crippen LogP contribution in [0.15, 0.2) is 12.1 Å². The lowest BCUT2D eigenvalue weighted by Gasteiger charge is -2.33. The topological polar surface area (TPSA) is 64.6 Å². The Labute approximate surface area is 198 Å². The maximum atomic E-state index is 6.40. The van der Waals surface area contributed by atoms with E-state index in [-0.39, 0.29) is 24.4 Å². The van der Waals surface area contributed by atoms with Crippen LogP contribution in [0.5, 0.6) is 11.5 Å². The van der Waals surface area contributed by atoms with E-state index in [0.29, 0.717) is 39.6 Å². The van der Waals surface area contributed by atoms with Crippen LogP contribution in [0.1, 0.15) is 62.5 Å². The minimum absolute atomic E-state index is 0.0690. The van der Waals surface area contributed by atoms with Gasteiger partial charge in [0.05, 0.1) is 78.3 Å². The summed E-state index contributed by atoms with van der Waals surface area (Å²) in [5.41, 5.74) is 1.95. The van der Waals surface area contributed by atoms with Gasteiger partial charge in [-0.05, 0) is 37.8 Å². The van der Waals surface area contributed by atoms with E-state index in [9.17, 15) is 0 Å². The minimum atomic E-state index is 0.0690. The van der Waals surface area contributed by atoms with Crippen LogP contribution >= 0.6 is 0 Å². The third-order valence-corrected chi connectivity index (χ3v) is 6.97. The second-order valence-electron chi connectivity index (χ2n) is 9.18. The Kier molecular flexibility index (Phi) is 9.68. The molecule has 4 rings (SSSR count). The first-order valence-corrected chi connectivity index (χ1v) is 12.6. The number of methoxy groups -OCH3 is 2. The van der Waals surface area contributed by atoms with E-state index in [0.717, 1.165) is 61.2 Å². The molecule has 7 nitrogen and oxygen atoms in total. The molecule has 1 aromatic carbocycles. The first-order chi connectivity index (χ1) is 16.3. The normalized spacial score (nSPS) is 30.2. The predicted octanol–water partition coefficient (Wildman–Crippen LogP) is 4.42. The minimum Gasteiger partial charge on any atom is -0.497 e. The molecule has 7 heteroatoms. The van der Waals surface area contributed by atoms with Gasteiger partial charge in [-0.2, -0.15) is 0 Å². The summed E-state index contributed by atoms with van der Waals surface area (Å²) in [6.07, 6.45) is 9.05. The van der Waals surface area contributed by atoms with Gasteiger partial charge in [0.2, 0.25) is 0 Å². The van der Waals surface area contributed by atoms with Crippen LogP contribution in [0.2, 0.25) is 0 Å². The van der Waals surface area contributed by atoms with E-state index >= 15 is 0 Å². The van der Waals surface area contributed by atoms with Crippen molar-refractivity contribution in [1.82, 2.24) is 0 Å². The first kappa shape index (κ1) is 24.7. The fraction of sp³-hybridized carbons (Fsp3) is 0.769. The monoisotopic (exact) mass is 464 g/mol. The van der Waals surface area contributed by atoms with Crippen molar-refractivity contribution in [3.8, 4) is 11.5 Å². The zero-order chi connectivity index (χ0) is 22.9. The van der Waals surface area contributed by atoms with E-state index in [1.54, 1.807) is 14.2 Å². The molecule has 2 bridgehead atoms. The standard InChI is InChI=1S/C26H40O7/c1-27-21-15-19-17-32-24-9-5-3-7-22(24)30-13-11-29-12-14-31-23-8-4-6-10-25(23)33-18-20(16-21)26(19)28-2/h15-16,22-25H,3-14,17-18H2,1-2H3/t22-,23-,24+,25+/m1/s1. The quantitative estimate of drug-likeness (QED) is 0.642. The molecule has 4 atom stereocenters. The second-order valence-corrected chi connectivity index (χ2v) is 9.18. The molecule has 1 aliphatic heterocycles. The summed E-state index contributed by atoms with van der Waals surface area (Å²) in [4.78, 5) is 0. The summed E-state index contributed by atoms with van der Waals surface area (Å²) in [5, 5.41) is 0. The molecule has 0 aromatic heterocycles. The Morgan fingerprint density at radius 3 is 1.48 bits per heavy atom. The number of hydrogen-bond donors (Lipinski definition) is 0. The molecular formula is C26H40O7. The molecule has 2 saturated carbocycles. The largest absolute Gasteiger partial charge is 0.497 e. The summed E-state index contributed by atoms with van der Waals surface area (Å²) in [6, 6.07) is 4.00. The second kappa shape index (κ2) is 12.9. The average Bonchev–Trinajstić information content (AvgIpc) is 2.85. The Bertz CT molecular complexity index is 672. The molecule has 0 radical (unpaired) electrons. The van der Waals surface area contributed by atoms with Gasteiger partial charge in [-0.3, -0.25) is 0 Å². The SMILES string of the molecule is COc1cc2c(OC)c(c1)CO[C@H]1CCCC[C@H]1OCCOCCO[C@@H]1CCCC[C@@H]1OC2. The number of hydrogen-bond acceptors (Lipinski definition) is 7. The summed E-state index contributed by atoms with van der Waals surface area (Å²) >= 11 is 0. The Morgan fingerprint density at radius 1 is 0.606 bits per heavy atom. The highest BCUT2D eigenvalue weighted by Gasteiger charge is 2.29. The van der Waals surface area contributed by atoms with Crippen LogP contribution in [-0.2, 0) is 36.9 Å². The molecule has 186 valence electrons. The van der Waals surface area contributed by atoms with E-state index in [2.05, 4.69) is 0 Å². The fourth-order valence-corrected chi connectivity index (χ4v) is 5.22. The van der Waals surface area contributed by atoms with Crippen molar-refractivity contribution in [3.63, 3.8) is 0 Å². The van der Waals surface area contributed by atoms with Gasteiger partial charge in [-0.15, -0.1) is 0 Å². The molecule has 2 fully saturated rings. The third kappa shape index (κ3) is 6.83. The molecule has 1 aromatic rings. The van der Waals surface area contributed by atoms with Crippen molar-refractivity contribution in [2.24, 2.45) is 0 Å². The average molecular weight is 465 g/mol. The number of benzene rings is 1. The van der Waals surface area contributed by atoms with Crippen molar-refractivity contribution < 1.29 is 33.2 Å². The number of ether oxygens (including phenoxy) is 7. The third-order valence-electron chi connectivity index (χ3n) is 6.97. The smallest absolute Gasteiger partial charge is 0.130 e. The lowest BCUT2D eigenvalue weighted by Crippen LogP contribution is -2.36. The molecule has 0 N–H and O–H groups in total. The first-order valence-electron chi connectivity index (χ1n) is 12.6. The van der Waals surface area contributed by atoms with Gasteiger partial charge in [0.25, 0.3) is 0 Å². The fourth-order valence-electron chi connectivity index (χ4n) is 5.22. The lowest BCUT2D eigenvalue weighted by atomic mass is 9.94.